The Morgan fingerprint density at radius 1 is 0.949 bits per heavy atom. The second-order valence-electron chi connectivity index (χ2n) is 8.88. The van der Waals surface area contributed by atoms with Crippen LogP contribution in [0.1, 0.15) is 27.0 Å². The predicted molar refractivity (Wildman–Crippen MR) is 135 cm³/mol. The monoisotopic (exact) mass is 537 g/mol. The van der Waals surface area contributed by atoms with Crippen LogP contribution >= 0.6 is 0 Å². The van der Waals surface area contributed by atoms with E-state index in [1.165, 1.54) is 37.2 Å². The van der Waals surface area contributed by atoms with E-state index in [1.807, 2.05) is 0 Å². The first-order valence-corrected chi connectivity index (χ1v) is 11.5. The van der Waals surface area contributed by atoms with Gasteiger partial charge in [-0.25, -0.2) is 8.78 Å². The van der Waals surface area contributed by atoms with Gasteiger partial charge < -0.3 is 9.47 Å². The summed E-state index contributed by atoms with van der Waals surface area (Å²) in [6.45, 7) is -0.604. The summed E-state index contributed by atoms with van der Waals surface area (Å²) in [5.74, 6) is -2.35. The molecule has 1 amide bonds. The molecular formula is C29H20F5N3O2. The molecule has 4 aromatic rings. The average molecular weight is 537 g/mol. The Balaban J connectivity index is 2.12. The molecule has 0 atom stereocenters. The van der Waals surface area contributed by atoms with Gasteiger partial charge in [0.15, 0.2) is 0 Å². The number of pyridine rings is 1. The van der Waals surface area contributed by atoms with Crippen molar-refractivity contribution in [3.05, 3.63) is 117 Å². The van der Waals surface area contributed by atoms with Crippen molar-refractivity contribution < 1.29 is 26.7 Å². The number of alkyl halides is 3. The summed E-state index contributed by atoms with van der Waals surface area (Å²) >= 11 is 0. The molecule has 0 N–H and O–H groups in total. The van der Waals surface area contributed by atoms with Crippen molar-refractivity contribution in [1.82, 2.24) is 9.47 Å². The molecule has 0 saturated carbocycles. The van der Waals surface area contributed by atoms with E-state index < -0.39 is 46.9 Å². The first-order chi connectivity index (χ1) is 18.4. The van der Waals surface area contributed by atoms with Crippen LogP contribution in [0.3, 0.4) is 0 Å². The smallest absolute Gasteiger partial charge is 0.345 e. The van der Waals surface area contributed by atoms with E-state index in [9.17, 15) is 36.8 Å². The molecule has 0 aliphatic rings. The number of hydrogen-bond acceptors (Lipinski definition) is 3. The average Bonchev–Trinajstić information content (AvgIpc) is 2.90. The number of halogens is 5. The van der Waals surface area contributed by atoms with Gasteiger partial charge in [-0.2, -0.15) is 18.4 Å². The fraction of sp³-hybridized carbons (Fsp3) is 0.138. The standard InChI is InChI=1S/C29H20F5N3O2/c1-36(2)27(38)18-9-11-21(17-6-4-3-5-7-17)22(12-18)26-14-24(29(32,33)34)23(15-35)28(39)37(26)16-19-8-10-20(30)13-25(19)31/h3-14H,16H2,1-2H3. The number of benzene rings is 3. The third kappa shape index (κ3) is 5.43. The second kappa shape index (κ2) is 10.5. The number of nitriles is 1. The first kappa shape index (κ1) is 27.3. The first-order valence-electron chi connectivity index (χ1n) is 11.5. The fourth-order valence-corrected chi connectivity index (χ4v) is 4.20. The molecule has 0 bridgehead atoms. The van der Waals surface area contributed by atoms with Gasteiger partial charge in [-0.1, -0.05) is 42.5 Å². The fourth-order valence-electron chi connectivity index (χ4n) is 4.20. The summed E-state index contributed by atoms with van der Waals surface area (Å²) in [5.41, 5.74) is -3.29. The molecule has 3 aromatic carbocycles. The normalized spacial score (nSPS) is 11.2. The summed E-state index contributed by atoms with van der Waals surface area (Å²) in [6.07, 6.45) is -5.07. The van der Waals surface area contributed by atoms with Crippen LogP contribution in [0.5, 0.6) is 0 Å². The van der Waals surface area contributed by atoms with E-state index in [0.717, 1.165) is 16.7 Å². The highest BCUT2D eigenvalue weighted by Crippen LogP contribution is 2.38. The Morgan fingerprint density at radius 3 is 2.23 bits per heavy atom. The van der Waals surface area contributed by atoms with Gasteiger partial charge in [-0.05, 0) is 35.4 Å². The lowest BCUT2D eigenvalue weighted by Gasteiger charge is -2.21. The lowest BCUT2D eigenvalue weighted by atomic mass is 9.93. The van der Waals surface area contributed by atoms with Gasteiger partial charge in [0, 0.05) is 36.9 Å². The maximum absolute atomic E-state index is 14.6. The predicted octanol–water partition coefficient (Wildman–Crippen LogP) is 6.10. The summed E-state index contributed by atoms with van der Waals surface area (Å²) in [4.78, 5) is 27.4. The summed E-state index contributed by atoms with van der Waals surface area (Å²) in [6, 6.07) is 17.5. The third-order valence-electron chi connectivity index (χ3n) is 6.09. The van der Waals surface area contributed by atoms with Crippen LogP contribution in [0.15, 0.2) is 77.6 Å². The highest BCUT2D eigenvalue weighted by molar-refractivity contribution is 5.97. The Morgan fingerprint density at radius 2 is 1.64 bits per heavy atom. The zero-order valence-corrected chi connectivity index (χ0v) is 20.7. The highest BCUT2D eigenvalue weighted by atomic mass is 19.4. The molecule has 10 heteroatoms. The SMILES string of the molecule is CN(C)C(=O)c1ccc(-c2ccccc2)c(-c2cc(C(F)(F)F)c(C#N)c(=O)n2Cc2ccc(F)cc2F)c1. The minimum absolute atomic E-state index is 0.0727. The van der Waals surface area contributed by atoms with Gasteiger partial charge in [0.1, 0.15) is 23.3 Å². The van der Waals surface area contributed by atoms with Gasteiger partial charge in [0.2, 0.25) is 0 Å². The van der Waals surface area contributed by atoms with Crippen molar-refractivity contribution >= 4 is 5.91 Å². The summed E-state index contributed by atoms with van der Waals surface area (Å²) in [7, 11) is 3.01. The Kier molecular flexibility index (Phi) is 7.36. The van der Waals surface area contributed by atoms with Crippen LogP contribution in [-0.4, -0.2) is 29.5 Å². The lowest BCUT2D eigenvalue weighted by molar-refractivity contribution is -0.137. The van der Waals surface area contributed by atoms with Crippen molar-refractivity contribution in [2.24, 2.45) is 0 Å². The Hall–Kier alpha value is -4.78. The van der Waals surface area contributed by atoms with E-state index >= 15 is 0 Å². The molecule has 5 nitrogen and oxygen atoms in total. The lowest BCUT2D eigenvalue weighted by Crippen LogP contribution is -2.29. The molecule has 0 fully saturated rings. The quantitative estimate of drug-likeness (QED) is 0.289. The molecule has 0 aliphatic carbocycles. The minimum Gasteiger partial charge on any atom is -0.345 e. The molecule has 0 saturated heterocycles. The highest BCUT2D eigenvalue weighted by Gasteiger charge is 2.37. The zero-order chi connectivity index (χ0) is 28.5. The number of carbonyl (C=O) groups is 1. The number of aromatic nitrogens is 1. The third-order valence-corrected chi connectivity index (χ3v) is 6.09. The summed E-state index contributed by atoms with van der Waals surface area (Å²) < 4.78 is 71.1. The number of amides is 1. The van der Waals surface area contributed by atoms with Gasteiger partial charge in [-0.3, -0.25) is 9.59 Å². The molecule has 198 valence electrons. The van der Waals surface area contributed by atoms with Crippen molar-refractivity contribution in [2.45, 2.75) is 12.7 Å². The largest absolute Gasteiger partial charge is 0.417 e. The molecule has 0 radical (unpaired) electrons. The number of nitrogens with zero attached hydrogens (tertiary/aromatic N) is 3. The van der Waals surface area contributed by atoms with Crippen LogP contribution in [0, 0.1) is 23.0 Å². The van der Waals surface area contributed by atoms with Gasteiger partial charge >= 0.3 is 6.18 Å². The number of rotatable bonds is 5. The molecule has 0 unspecified atom stereocenters. The van der Waals surface area contributed by atoms with E-state index in [1.54, 1.807) is 36.4 Å². The molecule has 4 rings (SSSR count). The minimum atomic E-state index is -5.07. The van der Waals surface area contributed by atoms with Gasteiger partial charge in [-0.15, -0.1) is 0 Å². The zero-order valence-electron chi connectivity index (χ0n) is 20.7. The molecule has 1 heterocycles. The molecule has 0 spiro atoms. The second-order valence-corrected chi connectivity index (χ2v) is 8.88. The van der Waals surface area contributed by atoms with E-state index in [-0.39, 0.29) is 22.4 Å². The van der Waals surface area contributed by atoms with Crippen LogP contribution in [0.25, 0.3) is 22.4 Å². The van der Waals surface area contributed by atoms with E-state index in [0.29, 0.717) is 23.3 Å². The van der Waals surface area contributed by atoms with E-state index in [4.69, 9.17) is 0 Å². The molecule has 0 aliphatic heterocycles. The van der Waals surface area contributed by atoms with Gasteiger partial charge in [0.25, 0.3) is 11.5 Å². The van der Waals surface area contributed by atoms with Crippen molar-refractivity contribution in [3.63, 3.8) is 0 Å². The summed E-state index contributed by atoms with van der Waals surface area (Å²) in [5, 5.41) is 9.48. The van der Waals surface area contributed by atoms with Crippen molar-refractivity contribution in [1.29, 1.82) is 5.26 Å². The van der Waals surface area contributed by atoms with Crippen LogP contribution < -0.4 is 5.56 Å². The van der Waals surface area contributed by atoms with Crippen LogP contribution in [0.2, 0.25) is 0 Å². The number of carbonyl (C=O) groups excluding carboxylic acids is 1. The number of hydrogen-bond donors (Lipinski definition) is 0. The van der Waals surface area contributed by atoms with Crippen LogP contribution in [0.4, 0.5) is 22.0 Å². The molecular weight excluding hydrogens is 517 g/mol. The topological polar surface area (TPSA) is 66.1 Å². The van der Waals surface area contributed by atoms with Crippen molar-refractivity contribution in [2.75, 3.05) is 14.1 Å². The molecule has 1 aromatic heterocycles. The Bertz CT molecular complexity index is 1670. The van der Waals surface area contributed by atoms with E-state index in [2.05, 4.69) is 0 Å². The van der Waals surface area contributed by atoms with Crippen molar-refractivity contribution in [3.8, 4) is 28.5 Å². The van der Waals surface area contributed by atoms with Gasteiger partial charge in [0.05, 0.1) is 17.8 Å². The molecule has 39 heavy (non-hydrogen) atoms. The Labute approximate surface area is 220 Å². The maximum atomic E-state index is 14.6. The van der Waals surface area contributed by atoms with Crippen LogP contribution in [-0.2, 0) is 12.7 Å². The maximum Gasteiger partial charge on any atom is 0.417 e.